The zero-order chi connectivity index (χ0) is 15.2. The summed E-state index contributed by atoms with van der Waals surface area (Å²) >= 11 is 0. The Hall–Kier alpha value is -1.82. The lowest BCUT2D eigenvalue weighted by Crippen LogP contribution is -2.56. The van der Waals surface area contributed by atoms with Gasteiger partial charge in [-0.3, -0.25) is 9.69 Å². The summed E-state index contributed by atoms with van der Waals surface area (Å²) in [5, 5.41) is 9.13. The summed E-state index contributed by atoms with van der Waals surface area (Å²) in [4.78, 5) is 26.7. The van der Waals surface area contributed by atoms with Gasteiger partial charge in [-0.2, -0.15) is 0 Å². The summed E-state index contributed by atoms with van der Waals surface area (Å²) < 4.78 is 2.12. The lowest BCUT2D eigenvalue weighted by molar-refractivity contribution is 0.0152. The summed E-state index contributed by atoms with van der Waals surface area (Å²) in [6.07, 6.45) is 0.706. The van der Waals surface area contributed by atoms with Crippen molar-refractivity contribution in [2.75, 3.05) is 26.7 Å². The molecule has 0 aliphatic carbocycles. The zero-order valence-corrected chi connectivity index (χ0v) is 12.5. The highest BCUT2D eigenvalue weighted by Crippen LogP contribution is 2.41. The maximum Gasteiger partial charge on any atom is 0.407 e. The van der Waals surface area contributed by atoms with Gasteiger partial charge in [0, 0.05) is 38.8 Å². The topological polar surface area (TPSA) is 65.8 Å². The first-order chi connectivity index (χ1) is 9.95. The Morgan fingerprint density at radius 2 is 1.81 bits per heavy atom. The fraction of sp³-hybridized carbons (Fsp3) is 0.600. The molecule has 0 bridgehead atoms. The molecule has 1 aromatic rings. The van der Waals surface area contributed by atoms with Crippen LogP contribution in [0.15, 0.2) is 12.1 Å². The number of amides is 1. The maximum absolute atomic E-state index is 11.8. The summed E-state index contributed by atoms with van der Waals surface area (Å²) in [6.45, 7) is 4.38. The third-order valence-electron chi connectivity index (χ3n) is 5.07. The molecule has 0 atom stereocenters. The largest absolute Gasteiger partial charge is 0.465 e. The van der Waals surface area contributed by atoms with Gasteiger partial charge in [-0.15, -0.1) is 0 Å². The standard InChI is InChI=1S/C15H21N3O3/c1-11(19)12-3-4-13-15(16(2)9-10-18(12)13)5-7-17(8-6-15)14(20)21/h3-4H,5-10H2,1-2H3,(H,20,21). The van der Waals surface area contributed by atoms with Crippen molar-refractivity contribution >= 4 is 11.9 Å². The molecule has 1 saturated heterocycles. The number of nitrogens with zero attached hydrogens (tertiary/aromatic N) is 3. The molecular weight excluding hydrogens is 270 g/mol. The van der Waals surface area contributed by atoms with Gasteiger partial charge in [0.15, 0.2) is 5.78 Å². The molecule has 2 aliphatic rings. The Kier molecular flexibility index (Phi) is 3.28. The quantitative estimate of drug-likeness (QED) is 0.798. The Balaban J connectivity index is 1.97. The first kappa shape index (κ1) is 14.1. The van der Waals surface area contributed by atoms with Crippen LogP contribution in [0.4, 0.5) is 4.79 Å². The predicted molar refractivity (Wildman–Crippen MR) is 77.6 cm³/mol. The van der Waals surface area contributed by atoms with Crippen molar-refractivity contribution in [2.45, 2.75) is 31.8 Å². The molecule has 1 amide bonds. The van der Waals surface area contributed by atoms with Crippen LogP contribution in [0.3, 0.4) is 0 Å². The third kappa shape index (κ3) is 2.05. The Labute approximate surface area is 123 Å². The number of carbonyl (C=O) groups excluding carboxylic acids is 1. The second kappa shape index (κ2) is 4.87. The molecule has 0 aromatic carbocycles. The van der Waals surface area contributed by atoms with Crippen LogP contribution in [0.1, 0.15) is 35.9 Å². The lowest BCUT2D eigenvalue weighted by Gasteiger charge is -2.50. The molecule has 2 aliphatic heterocycles. The molecule has 0 saturated carbocycles. The molecule has 1 fully saturated rings. The van der Waals surface area contributed by atoms with Gasteiger partial charge in [-0.1, -0.05) is 0 Å². The van der Waals surface area contributed by atoms with Gasteiger partial charge < -0.3 is 14.6 Å². The van der Waals surface area contributed by atoms with Crippen molar-refractivity contribution in [2.24, 2.45) is 0 Å². The lowest BCUT2D eigenvalue weighted by atomic mass is 9.81. The molecule has 1 N–H and O–H groups in total. The minimum atomic E-state index is -0.844. The molecular formula is C15H21N3O3. The van der Waals surface area contributed by atoms with Crippen LogP contribution >= 0.6 is 0 Å². The van der Waals surface area contributed by atoms with Crippen molar-refractivity contribution in [3.63, 3.8) is 0 Å². The van der Waals surface area contributed by atoms with Gasteiger partial charge in [0.2, 0.25) is 0 Å². The Morgan fingerprint density at radius 1 is 1.14 bits per heavy atom. The van der Waals surface area contributed by atoms with Gasteiger partial charge in [-0.05, 0) is 32.0 Å². The van der Waals surface area contributed by atoms with E-state index in [1.807, 2.05) is 12.1 Å². The number of aromatic nitrogens is 1. The van der Waals surface area contributed by atoms with E-state index in [0.29, 0.717) is 13.1 Å². The van der Waals surface area contributed by atoms with Crippen molar-refractivity contribution in [3.05, 3.63) is 23.5 Å². The van der Waals surface area contributed by atoms with E-state index in [4.69, 9.17) is 5.11 Å². The van der Waals surface area contributed by atoms with Crippen LogP contribution < -0.4 is 0 Å². The summed E-state index contributed by atoms with van der Waals surface area (Å²) in [6, 6.07) is 3.95. The van der Waals surface area contributed by atoms with Crippen molar-refractivity contribution in [1.82, 2.24) is 14.4 Å². The summed E-state index contributed by atoms with van der Waals surface area (Å²) in [7, 11) is 2.10. The number of carboxylic acid groups (broad SMARTS) is 1. The van der Waals surface area contributed by atoms with Gasteiger partial charge >= 0.3 is 6.09 Å². The second-order valence-corrected chi connectivity index (χ2v) is 6.03. The van der Waals surface area contributed by atoms with E-state index in [2.05, 4.69) is 16.5 Å². The average Bonchev–Trinajstić information content (AvgIpc) is 2.89. The van der Waals surface area contributed by atoms with Gasteiger partial charge in [0.1, 0.15) is 0 Å². The fourth-order valence-electron chi connectivity index (χ4n) is 3.79. The van der Waals surface area contributed by atoms with Crippen molar-refractivity contribution < 1.29 is 14.7 Å². The smallest absolute Gasteiger partial charge is 0.407 e. The van der Waals surface area contributed by atoms with Crippen LogP contribution in [0.5, 0.6) is 0 Å². The zero-order valence-electron chi connectivity index (χ0n) is 12.5. The van der Waals surface area contributed by atoms with E-state index in [0.717, 1.165) is 37.3 Å². The number of hydrogen-bond donors (Lipinski definition) is 1. The minimum absolute atomic E-state index is 0.0870. The first-order valence-electron chi connectivity index (χ1n) is 7.36. The fourth-order valence-corrected chi connectivity index (χ4v) is 3.79. The van der Waals surface area contributed by atoms with Crippen molar-refractivity contribution in [1.29, 1.82) is 0 Å². The highest BCUT2D eigenvalue weighted by Gasteiger charge is 2.45. The Morgan fingerprint density at radius 3 is 2.38 bits per heavy atom. The minimum Gasteiger partial charge on any atom is -0.465 e. The summed E-state index contributed by atoms with van der Waals surface area (Å²) in [5.41, 5.74) is 1.78. The molecule has 1 aromatic heterocycles. The number of likely N-dealkylation sites (N-methyl/N-ethyl adjacent to an activating group) is 1. The van der Waals surface area contributed by atoms with Gasteiger partial charge in [0.25, 0.3) is 0 Å². The second-order valence-electron chi connectivity index (χ2n) is 6.03. The third-order valence-corrected chi connectivity index (χ3v) is 5.07. The highest BCUT2D eigenvalue weighted by molar-refractivity contribution is 5.92. The molecule has 3 rings (SSSR count). The molecule has 6 nitrogen and oxygen atoms in total. The highest BCUT2D eigenvalue weighted by atomic mass is 16.4. The maximum atomic E-state index is 11.8. The SMILES string of the molecule is CC(=O)c1ccc2n1CCN(C)C21CCN(C(=O)O)CC1. The average molecular weight is 291 g/mol. The molecule has 0 unspecified atom stereocenters. The molecule has 0 radical (unpaired) electrons. The number of Topliss-reactive ketones (excluding diaryl/α,β-unsaturated/α-hetero) is 1. The molecule has 21 heavy (non-hydrogen) atoms. The number of ketones is 1. The number of hydrogen-bond acceptors (Lipinski definition) is 3. The van der Waals surface area contributed by atoms with Crippen LogP contribution in [-0.4, -0.2) is 58.0 Å². The van der Waals surface area contributed by atoms with Crippen molar-refractivity contribution in [3.8, 4) is 0 Å². The number of carbonyl (C=O) groups is 2. The number of fused-ring (bicyclic) bond motifs is 2. The first-order valence-corrected chi connectivity index (χ1v) is 7.36. The number of rotatable bonds is 1. The Bertz CT molecular complexity index is 585. The molecule has 114 valence electrons. The van der Waals surface area contributed by atoms with Crippen LogP contribution in [-0.2, 0) is 12.1 Å². The van der Waals surface area contributed by atoms with Gasteiger partial charge in [0.05, 0.1) is 11.2 Å². The van der Waals surface area contributed by atoms with Crippen LogP contribution in [0, 0.1) is 0 Å². The number of piperidine rings is 1. The van der Waals surface area contributed by atoms with Gasteiger partial charge in [-0.25, -0.2) is 4.79 Å². The van der Waals surface area contributed by atoms with Crippen LogP contribution in [0.2, 0.25) is 0 Å². The monoisotopic (exact) mass is 291 g/mol. The van der Waals surface area contributed by atoms with Crippen LogP contribution in [0.25, 0.3) is 0 Å². The molecule has 3 heterocycles. The molecule has 1 spiro atoms. The number of likely N-dealkylation sites (tertiary alicyclic amines) is 1. The van der Waals surface area contributed by atoms with E-state index < -0.39 is 6.09 Å². The predicted octanol–water partition coefficient (Wildman–Crippen LogP) is 1.61. The van der Waals surface area contributed by atoms with E-state index in [1.54, 1.807) is 6.92 Å². The van der Waals surface area contributed by atoms with E-state index >= 15 is 0 Å². The molecule has 6 heteroatoms. The van der Waals surface area contributed by atoms with E-state index in [1.165, 1.54) is 4.90 Å². The summed E-state index contributed by atoms with van der Waals surface area (Å²) in [5.74, 6) is 0.0870. The normalized spacial score (nSPS) is 21.3. The van der Waals surface area contributed by atoms with E-state index in [9.17, 15) is 9.59 Å². The van der Waals surface area contributed by atoms with E-state index in [-0.39, 0.29) is 11.3 Å².